The number of rotatable bonds is 2. The minimum absolute atomic E-state index is 0.0396. The van der Waals surface area contributed by atoms with Crippen LogP contribution in [0, 0.1) is 11.8 Å². The first-order valence-corrected chi connectivity index (χ1v) is 9.17. The number of carbonyl (C=O) groups is 1. The number of hydrogen-bond acceptors (Lipinski definition) is 2. The van der Waals surface area contributed by atoms with Crippen molar-refractivity contribution in [1.82, 2.24) is 4.98 Å². The highest BCUT2D eigenvalue weighted by atomic mass is 79.9. The quantitative estimate of drug-likeness (QED) is 0.787. The molecule has 3 atom stereocenters. The molecule has 1 unspecified atom stereocenters. The average Bonchev–Trinajstić information content (AvgIpc) is 2.86. The zero-order valence-electron chi connectivity index (χ0n) is 12.8. The zero-order valence-corrected chi connectivity index (χ0v) is 15.2. The summed E-state index contributed by atoms with van der Waals surface area (Å²) in [6.45, 7) is 0. The minimum atomic E-state index is -0.0689. The molecule has 2 bridgehead atoms. The first-order valence-electron chi connectivity index (χ1n) is 8.00. The van der Waals surface area contributed by atoms with Gasteiger partial charge in [-0.1, -0.05) is 11.6 Å². The van der Waals surface area contributed by atoms with Crippen LogP contribution in [-0.2, 0) is 11.2 Å². The molecule has 6 heteroatoms. The summed E-state index contributed by atoms with van der Waals surface area (Å²) in [4.78, 5) is 27.2. The van der Waals surface area contributed by atoms with E-state index < -0.39 is 0 Å². The van der Waals surface area contributed by atoms with Crippen molar-refractivity contribution in [3.8, 4) is 0 Å². The van der Waals surface area contributed by atoms with E-state index in [9.17, 15) is 9.59 Å². The van der Waals surface area contributed by atoms with Gasteiger partial charge in [-0.15, -0.1) is 0 Å². The van der Waals surface area contributed by atoms with Gasteiger partial charge < -0.3 is 10.3 Å². The van der Waals surface area contributed by atoms with E-state index in [-0.39, 0.29) is 23.3 Å². The number of carbonyl (C=O) groups excluding carboxylic acids is 1. The van der Waals surface area contributed by atoms with Crippen LogP contribution in [0.1, 0.15) is 29.9 Å². The van der Waals surface area contributed by atoms with Crippen molar-refractivity contribution in [3.05, 3.63) is 61.4 Å². The number of fused-ring (bicyclic) bond motifs is 4. The molecule has 124 valence electrons. The first kappa shape index (κ1) is 15.9. The van der Waals surface area contributed by atoms with Crippen molar-refractivity contribution in [2.45, 2.75) is 25.2 Å². The summed E-state index contributed by atoms with van der Waals surface area (Å²) in [5.41, 5.74) is 2.86. The number of aromatic nitrogens is 1. The molecule has 1 saturated carbocycles. The number of H-pyrrole nitrogens is 1. The Balaban J connectivity index is 1.60. The number of benzene rings is 1. The molecule has 0 saturated heterocycles. The molecule has 2 aromatic rings. The molecule has 1 aromatic heterocycles. The van der Waals surface area contributed by atoms with Gasteiger partial charge in [-0.2, -0.15) is 0 Å². The number of aromatic amines is 1. The first-order chi connectivity index (χ1) is 11.5. The highest BCUT2D eigenvalue weighted by molar-refractivity contribution is 9.10. The maximum Gasteiger partial charge on any atom is 0.248 e. The summed E-state index contributed by atoms with van der Waals surface area (Å²) in [5, 5.41) is 3.58. The Morgan fingerprint density at radius 3 is 2.92 bits per heavy atom. The van der Waals surface area contributed by atoms with Crippen molar-refractivity contribution < 1.29 is 4.79 Å². The third kappa shape index (κ3) is 2.70. The standard InChI is InChI=1S/C18H16BrClN2O2/c19-14-4-2-11(7-15(14)20)22-18(24)17-9-1-3-12(17)13-8-21-16(23)6-10(13)5-9/h2,4,6-9,12,17H,1,3,5H2,(H,21,23)(H,22,24)/t9-,12-,17?/m1/s1. The summed E-state index contributed by atoms with van der Waals surface area (Å²) in [6, 6.07) is 7.10. The molecular weight excluding hydrogens is 392 g/mol. The van der Waals surface area contributed by atoms with E-state index in [2.05, 4.69) is 26.2 Å². The predicted molar refractivity (Wildman–Crippen MR) is 97.5 cm³/mol. The van der Waals surface area contributed by atoms with Gasteiger partial charge in [0.25, 0.3) is 0 Å². The number of pyridine rings is 1. The molecule has 0 radical (unpaired) electrons. The molecule has 24 heavy (non-hydrogen) atoms. The lowest BCUT2D eigenvalue weighted by Crippen LogP contribution is -2.34. The normalized spacial score (nSPS) is 24.5. The fourth-order valence-electron chi connectivity index (χ4n) is 4.18. The van der Waals surface area contributed by atoms with Gasteiger partial charge in [0.1, 0.15) is 0 Å². The van der Waals surface area contributed by atoms with Crippen molar-refractivity contribution in [2.75, 3.05) is 5.32 Å². The number of hydrogen-bond donors (Lipinski definition) is 2. The van der Waals surface area contributed by atoms with Crippen LogP contribution in [0.2, 0.25) is 5.02 Å². The highest BCUT2D eigenvalue weighted by Crippen LogP contribution is 2.50. The van der Waals surface area contributed by atoms with Crippen LogP contribution in [0.4, 0.5) is 5.69 Å². The van der Waals surface area contributed by atoms with E-state index in [1.54, 1.807) is 18.3 Å². The zero-order chi connectivity index (χ0) is 16.8. The fourth-order valence-corrected chi connectivity index (χ4v) is 4.61. The summed E-state index contributed by atoms with van der Waals surface area (Å²) >= 11 is 9.45. The Bertz CT molecular complexity index is 880. The van der Waals surface area contributed by atoms with Crippen LogP contribution < -0.4 is 10.9 Å². The van der Waals surface area contributed by atoms with E-state index in [1.165, 1.54) is 0 Å². The molecule has 2 aliphatic carbocycles. The third-order valence-electron chi connectivity index (χ3n) is 5.21. The largest absolute Gasteiger partial charge is 0.329 e. The lowest BCUT2D eigenvalue weighted by Gasteiger charge is -2.31. The fraction of sp³-hybridized carbons (Fsp3) is 0.333. The van der Waals surface area contributed by atoms with Gasteiger partial charge in [0.15, 0.2) is 0 Å². The molecule has 1 heterocycles. The maximum atomic E-state index is 12.9. The van der Waals surface area contributed by atoms with Crippen molar-refractivity contribution in [2.24, 2.45) is 11.8 Å². The van der Waals surface area contributed by atoms with Gasteiger partial charge in [-0.25, -0.2) is 0 Å². The van der Waals surface area contributed by atoms with Crippen LogP contribution in [0.5, 0.6) is 0 Å². The second-order valence-electron chi connectivity index (χ2n) is 6.57. The Labute approximate surface area is 152 Å². The number of anilines is 1. The molecule has 0 aliphatic heterocycles. The summed E-state index contributed by atoms with van der Waals surface area (Å²) in [6.07, 6.45) is 4.60. The maximum absolute atomic E-state index is 12.9. The summed E-state index contributed by atoms with van der Waals surface area (Å²) in [7, 11) is 0. The van der Waals surface area contributed by atoms with Gasteiger partial charge in [0.05, 0.1) is 5.02 Å². The molecule has 1 aromatic carbocycles. The van der Waals surface area contributed by atoms with Crippen LogP contribution in [0.25, 0.3) is 0 Å². The minimum Gasteiger partial charge on any atom is -0.329 e. The van der Waals surface area contributed by atoms with E-state index in [0.29, 0.717) is 16.6 Å². The topological polar surface area (TPSA) is 62.0 Å². The van der Waals surface area contributed by atoms with Crippen LogP contribution in [0.3, 0.4) is 0 Å². The monoisotopic (exact) mass is 406 g/mol. The average molecular weight is 408 g/mol. The van der Waals surface area contributed by atoms with Gasteiger partial charge in [0, 0.05) is 28.3 Å². The SMILES string of the molecule is O=C(Nc1ccc(Br)c(Cl)c1)C1[C@@H]2CC[C@@H]1c1c[nH]c(=O)cc1C2. The Kier molecular flexibility index (Phi) is 4.01. The van der Waals surface area contributed by atoms with Gasteiger partial charge in [-0.05, 0) is 76.4 Å². The molecule has 1 fully saturated rings. The van der Waals surface area contributed by atoms with Crippen molar-refractivity contribution >= 4 is 39.1 Å². The molecule has 2 aliphatic rings. The van der Waals surface area contributed by atoms with E-state index in [0.717, 1.165) is 34.9 Å². The van der Waals surface area contributed by atoms with E-state index in [4.69, 9.17) is 11.6 Å². The number of amides is 1. The van der Waals surface area contributed by atoms with Gasteiger partial charge in [-0.3, -0.25) is 9.59 Å². The highest BCUT2D eigenvalue weighted by Gasteiger charge is 2.45. The Morgan fingerprint density at radius 1 is 1.29 bits per heavy atom. The second kappa shape index (κ2) is 6.05. The molecule has 0 spiro atoms. The van der Waals surface area contributed by atoms with E-state index >= 15 is 0 Å². The van der Waals surface area contributed by atoms with Gasteiger partial charge >= 0.3 is 0 Å². The molecule has 4 rings (SSSR count). The van der Waals surface area contributed by atoms with Crippen LogP contribution >= 0.6 is 27.5 Å². The van der Waals surface area contributed by atoms with Gasteiger partial charge in [0.2, 0.25) is 11.5 Å². The van der Waals surface area contributed by atoms with E-state index in [1.807, 2.05) is 12.1 Å². The van der Waals surface area contributed by atoms with Crippen molar-refractivity contribution in [3.63, 3.8) is 0 Å². The van der Waals surface area contributed by atoms with Crippen LogP contribution in [-0.4, -0.2) is 10.9 Å². The third-order valence-corrected chi connectivity index (χ3v) is 6.44. The number of nitrogens with one attached hydrogen (secondary N) is 2. The Hall–Kier alpha value is -1.59. The second-order valence-corrected chi connectivity index (χ2v) is 7.83. The Morgan fingerprint density at radius 2 is 2.12 bits per heavy atom. The molecule has 2 N–H and O–H groups in total. The molecule has 1 amide bonds. The number of halogens is 2. The summed E-state index contributed by atoms with van der Waals surface area (Å²) < 4.78 is 0.804. The lowest BCUT2D eigenvalue weighted by atomic mass is 9.75. The molecule has 4 nitrogen and oxygen atoms in total. The van der Waals surface area contributed by atoms with Crippen LogP contribution in [0.15, 0.2) is 39.7 Å². The summed E-state index contributed by atoms with van der Waals surface area (Å²) in [5.74, 6) is 0.473. The van der Waals surface area contributed by atoms with Crippen molar-refractivity contribution in [1.29, 1.82) is 0 Å². The lowest BCUT2D eigenvalue weighted by molar-refractivity contribution is -0.121. The molecular formula is C18H16BrClN2O2. The smallest absolute Gasteiger partial charge is 0.248 e. The predicted octanol–water partition coefficient (Wildman–Crippen LogP) is 4.10.